The lowest BCUT2D eigenvalue weighted by molar-refractivity contribution is 0.600. The molecule has 2 aromatic heterocycles. The van der Waals surface area contributed by atoms with Crippen LogP contribution in [0.1, 0.15) is 0 Å². The maximum atomic E-state index is 12.2. The Balaban J connectivity index is 2.03. The minimum absolute atomic E-state index is 0.108. The minimum atomic E-state index is -3.67. The number of sulfonamides is 1. The molecule has 20 heavy (non-hydrogen) atoms. The van der Waals surface area contributed by atoms with Crippen LogP contribution in [0, 0.1) is 0 Å². The molecule has 0 saturated heterocycles. The lowest BCUT2D eigenvalue weighted by Gasteiger charge is -2.05. The molecule has 0 radical (unpaired) electrons. The summed E-state index contributed by atoms with van der Waals surface area (Å²) in [4.78, 5) is 3.92. The SMILES string of the molecule is O=S(=O)(Nc1nsc2ccc(Br)cc12)c1cccnc1. The highest BCUT2D eigenvalue weighted by molar-refractivity contribution is 9.10. The first-order valence-corrected chi connectivity index (χ1v) is 8.59. The first-order valence-electron chi connectivity index (χ1n) is 5.54. The van der Waals surface area contributed by atoms with Crippen molar-refractivity contribution in [1.29, 1.82) is 0 Å². The van der Waals surface area contributed by atoms with Crippen molar-refractivity contribution in [3.63, 3.8) is 0 Å². The molecule has 0 aliphatic rings. The standard InChI is InChI=1S/C12H8BrN3O2S2/c13-8-3-4-11-10(6-8)12(15-19-11)16-20(17,18)9-2-1-5-14-7-9/h1-7H,(H,15,16). The second-order valence-corrected chi connectivity index (χ2v) is 7.37. The number of nitrogens with zero attached hydrogens (tertiary/aromatic N) is 2. The van der Waals surface area contributed by atoms with E-state index in [0.717, 1.165) is 14.6 Å². The van der Waals surface area contributed by atoms with Crippen LogP contribution < -0.4 is 4.72 Å². The minimum Gasteiger partial charge on any atom is -0.263 e. The average molecular weight is 370 g/mol. The normalized spacial score (nSPS) is 11.7. The van der Waals surface area contributed by atoms with E-state index in [1.165, 1.54) is 30.0 Å². The van der Waals surface area contributed by atoms with E-state index in [1.54, 1.807) is 6.07 Å². The Labute approximate surface area is 128 Å². The highest BCUT2D eigenvalue weighted by Crippen LogP contribution is 2.30. The molecule has 2 heterocycles. The fourth-order valence-electron chi connectivity index (χ4n) is 1.68. The zero-order valence-corrected chi connectivity index (χ0v) is 13.2. The van der Waals surface area contributed by atoms with Crippen LogP contribution in [0.3, 0.4) is 0 Å². The van der Waals surface area contributed by atoms with E-state index >= 15 is 0 Å². The van der Waals surface area contributed by atoms with Crippen molar-refractivity contribution in [2.24, 2.45) is 0 Å². The number of anilines is 1. The van der Waals surface area contributed by atoms with E-state index in [2.05, 4.69) is 30.0 Å². The molecule has 3 aromatic rings. The fraction of sp³-hybridized carbons (Fsp3) is 0. The predicted molar refractivity (Wildman–Crippen MR) is 82.4 cm³/mol. The second kappa shape index (κ2) is 5.12. The van der Waals surface area contributed by atoms with Crippen molar-refractivity contribution in [3.8, 4) is 0 Å². The van der Waals surface area contributed by atoms with E-state index < -0.39 is 10.0 Å². The molecule has 5 nitrogen and oxygen atoms in total. The Morgan fingerprint density at radius 2 is 2.10 bits per heavy atom. The van der Waals surface area contributed by atoms with Gasteiger partial charge < -0.3 is 0 Å². The quantitative estimate of drug-likeness (QED) is 0.768. The first-order chi connectivity index (χ1) is 9.56. The van der Waals surface area contributed by atoms with Gasteiger partial charge in [-0.1, -0.05) is 15.9 Å². The molecule has 8 heteroatoms. The number of fused-ring (bicyclic) bond motifs is 1. The van der Waals surface area contributed by atoms with E-state index in [4.69, 9.17) is 0 Å². The molecule has 1 aromatic carbocycles. The molecule has 0 bridgehead atoms. The van der Waals surface area contributed by atoms with Crippen LogP contribution in [-0.4, -0.2) is 17.8 Å². The summed E-state index contributed by atoms with van der Waals surface area (Å²) >= 11 is 4.61. The Kier molecular flexibility index (Phi) is 3.45. The molecular weight excluding hydrogens is 362 g/mol. The zero-order chi connectivity index (χ0) is 14.2. The van der Waals surface area contributed by atoms with Crippen molar-refractivity contribution in [2.75, 3.05) is 4.72 Å². The van der Waals surface area contributed by atoms with Crippen LogP contribution >= 0.6 is 27.5 Å². The van der Waals surface area contributed by atoms with Crippen LogP contribution in [0.2, 0.25) is 0 Å². The van der Waals surface area contributed by atoms with Crippen molar-refractivity contribution < 1.29 is 8.42 Å². The molecule has 102 valence electrons. The summed E-state index contributed by atoms with van der Waals surface area (Å²) in [5.41, 5.74) is 0. The third kappa shape index (κ3) is 2.54. The number of rotatable bonds is 3. The van der Waals surface area contributed by atoms with Crippen LogP contribution in [0.5, 0.6) is 0 Å². The molecule has 1 N–H and O–H groups in total. The van der Waals surface area contributed by atoms with Gasteiger partial charge in [0, 0.05) is 22.3 Å². The molecule has 0 aliphatic heterocycles. The van der Waals surface area contributed by atoms with Gasteiger partial charge in [-0.25, -0.2) is 8.42 Å². The summed E-state index contributed by atoms with van der Waals surface area (Å²) in [6.07, 6.45) is 2.82. The highest BCUT2D eigenvalue weighted by Gasteiger charge is 2.17. The van der Waals surface area contributed by atoms with Gasteiger partial charge in [-0.2, -0.15) is 4.37 Å². The van der Waals surface area contributed by atoms with Gasteiger partial charge in [0.05, 0.1) is 4.70 Å². The number of aromatic nitrogens is 2. The second-order valence-electron chi connectivity index (χ2n) is 3.97. The summed E-state index contributed by atoms with van der Waals surface area (Å²) in [6, 6.07) is 8.67. The molecular formula is C12H8BrN3O2S2. The van der Waals surface area contributed by atoms with Crippen LogP contribution in [0.15, 0.2) is 52.1 Å². The van der Waals surface area contributed by atoms with Crippen molar-refractivity contribution >= 4 is 53.4 Å². The number of nitrogens with one attached hydrogen (secondary N) is 1. The summed E-state index contributed by atoms with van der Waals surface area (Å²) in [5, 5.41) is 0.761. The molecule has 0 amide bonds. The number of pyridine rings is 1. The number of hydrogen-bond acceptors (Lipinski definition) is 5. The van der Waals surface area contributed by atoms with E-state index in [-0.39, 0.29) is 4.90 Å². The van der Waals surface area contributed by atoms with Gasteiger partial charge in [0.15, 0.2) is 5.82 Å². The molecule has 0 atom stereocenters. The first kappa shape index (κ1) is 13.5. The van der Waals surface area contributed by atoms with Crippen molar-refractivity contribution in [3.05, 3.63) is 47.2 Å². The topological polar surface area (TPSA) is 72.0 Å². The van der Waals surface area contributed by atoms with E-state index in [9.17, 15) is 8.42 Å². The summed E-state index contributed by atoms with van der Waals surface area (Å²) < 4.78 is 32.9. The maximum absolute atomic E-state index is 12.2. The van der Waals surface area contributed by atoms with Gasteiger partial charge in [0.25, 0.3) is 10.0 Å². The van der Waals surface area contributed by atoms with Gasteiger partial charge in [0.2, 0.25) is 0 Å². The molecule has 3 rings (SSSR count). The molecule has 0 fully saturated rings. The Bertz CT molecular complexity index is 863. The van der Waals surface area contributed by atoms with E-state index in [0.29, 0.717) is 5.82 Å². The predicted octanol–water partition coefficient (Wildman–Crippen LogP) is 3.25. The van der Waals surface area contributed by atoms with Crippen molar-refractivity contribution in [2.45, 2.75) is 4.90 Å². The Morgan fingerprint density at radius 3 is 2.85 bits per heavy atom. The summed E-state index contributed by atoms with van der Waals surface area (Å²) in [7, 11) is -3.67. The largest absolute Gasteiger partial charge is 0.264 e. The highest BCUT2D eigenvalue weighted by atomic mass is 79.9. The van der Waals surface area contributed by atoms with Crippen LogP contribution in [-0.2, 0) is 10.0 Å². The van der Waals surface area contributed by atoms with Crippen molar-refractivity contribution in [1.82, 2.24) is 9.36 Å². The van der Waals surface area contributed by atoms with Gasteiger partial charge in [0.1, 0.15) is 4.90 Å². The van der Waals surface area contributed by atoms with Gasteiger partial charge in [-0.15, -0.1) is 0 Å². The lowest BCUT2D eigenvalue weighted by atomic mass is 10.3. The third-order valence-electron chi connectivity index (χ3n) is 2.61. The Hall–Kier alpha value is -1.51. The molecule has 0 unspecified atom stereocenters. The third-order valence-corrected chi connectivity index (χ3v) is 5.25. The van der Waals surface area contributed by atoms with Gasteiger partial charge >= 0.3 is 0 Å². The average Bonchev–Trinajstić information content (AvgIpc) is 2.82. The number of hydrogen-bond donors (Lipinski definition) is 1. The molecule has 0 saturated carbocycles. The monoisotopic (exact) mass is 369 g/mol. The smallest absolute Gasteiger partial charge is 0.263 e. The summed E-state index contributed by atoms with van der Waals surface area (Å²) in [5.74, 6) is 0.329. The van der Waals surface area contributed by atoms with Gasteiger partial charge in [-0.05, 0) is 41.9 Å². The maximum Gasteiger partial charge on any atom is 0.264 e. The number of benzene rings is 1. The van der Waals surface area contributed by atoms with E-state index in [1.807, 2.05) is 18.2 Å². The Morgan fingerprint density at radius 1 is 1.25 bits per heavy atom. The van der Waals surface area contributed by atoms with Crippen LogP contribution in [0.4, 0.5) is 5.82 Å². The molecule has 0 aliphatic carbocycles. The lowest BCUT2D eigenvalue weighted by Crippen LogP contribution is -2.13. The summed E-state index contributed by atoms with van der Waals surface area (Å²) in [6.45, 7) is 0. The van der Waals surface area contributed by atoms with Crippen LogP contribution in [0.25, 0.3) is 10.1 Å². The zero-order valence-electron chi connectivity index (χ0n) is 9.95. The fourth-order valence-corrected chi connectivity index (χ4v) is 3.80. The number of halogens is 1. The van der Waals surface area contributed by atoms with Gasteiger partial charge in [-0.3, -0.25) is 9.71 Å². The molecule has 0 spiro atoms.